The van der Waals surface area contributed by atoms with Crippen molar-refractivity contribution in [3.8, 4) is 0 Å². The molecule has 0 N–H and O–H groups in total. The average Bonchev–Trinajstić information content (AvgIpc) is 2.94. The van der Waals surface area contributed by atoms with Gasteiger partial charge in [0.05, 0.1) is 18.1 Å². The van der Waals surface area contributed by atoms with Gasteiger partial charge in [0.15, 0.2) is 0 Å². The number of rotatable bonds is 3. The van der Waals surface area contributed by atoms with Crippen LogP contribution in [-0.4, -0.2) is 25.2 Å². The minimum Gasteiger partial charge on any atom is -0.469 e. The molecule has 4 nitrogen and oxygen atoms in total. The fourth-order valence-corrected chi connectivity index (χ4v) is 11.8. The molecule has 0 amide bonds. The van der Waals surface area contributed by atoms with Crippen LogP contribution >= 0.6 is 0 Å². The van der Waals surface area contributed by atoms with Gasteiger partial charge in [-0.3, -0.25) is 4.79 Å². The van der Waals surface area contributed by atoms with E-state index in [-0.39, 0.29) is 56.5 Å². The predicted molar refractivity (Wildman–Crippen MR) is 167 cm³/mol. The second kappa shape index (κ2) is 9.70. The quantitative estimate of drug-likeness (QED) is 0.267. The Morgan fingerprint density at radius 3 is 2.19 bits per heavy atom. The number of hydrogen-bond acceptors (Lipinski definition) is 4. The predicted octanol–water partition coefficient (Wildman–Crippen LogP) is 9.19. The Kier molecular flexibility index (Phi) is 6.92. The van der Waals surface area contributed by atoms with Gasteiger partial charge in [0.1, 0.15) is 6.10 Å². The SMILES string of the molecule is COC(=O)[C@]12CCC(C)(C)CC1C1=CCC3[C@@]4(C)CC[C@H](OC(=O)c5ccccc5)C(C)(C)C4CC[C@@]3(C)[C@]1(C)CC2. The zero-order valence-electron chi connectivity index (χ0n) is 27.5. The summed E-state index contributed by atoms with van der Waals surface area (Å²) in [6, 6.07) is 9.46. The van der Waals surface area contributed by atoms with Crippen molar-refractivity contribution in [1.29, 1.82) is 0 Å². The largest absolute Gasteiger partial charge is 0.469 e. The van der Waals surface area contributed by atoms with Crippen molar-refractivity contribution in [1.82, 2.24) is 0 Å². The van der Waals surface area contributed by atoms with Gasteiger partial charge in [-0.1, -0.05) is 78.3 Å². The van der Waals surface area contributed by atoms with Crippen LogP contribution in [0.5, 0.6) is 0 Å². The molecular weight excluding hydrogens is 520 g/mol. The number of methoxy groups -OCH3 is 1. The zero-order valence-corrected chi connectivity index (χ0v) is 27.5. The highest BCUT2D eigenvalue weighted by Crippen LogP contribution is 2.76. The van der Waals surface area contributed by atoms with E-state index in [1.807, 2.05) is 30.3 Å². The highest BCUT2D eigenvalue weighted by Gasteiger charge is 2.69. The summed E-state index contributed by atoms with van der Waals surface area (Å²) >= 11 is 0. The summed E-state index contributed by atoms with van der Waals surface area (Å²) in [6.45, 7) is 17.3. The summed E-state index contributed by atoms with van der Waals surface area (Å²) in [5.74, 6) is 1.18. The Morgan fingerprint density at radius 2 is 1.50 bits per heavy atom. The molecule has 42 heavy (non-hydrogen) atoms. The highest BCUT2D eigenvalue weighted by molar-refractivity contribution is 5.89. The lowest BCUT2D eigenvalue weighted by Crippen LogP contribution is -2.65. The molecule has 3 unspecified atom stereocenters. The maximum Gasteiger partial charge on any atom is 0.338 e. The monoisotopic (exact) mass is 574 g/mol. The molecule has 4 heteroatoms. The summed E-state index contributed by atoms with van der Waals surface area (Å²) in [6.07, 6.45) is 13.1. The number of esters is 2. The summed E-state index contributed by atoms with van der Waals surface area (Å²) in [4.78, 5) is 26.6. The molecule has 4 saturated carbocycles. The van der Waals surface area contributed by atoms with Crippen molar-refractivity contribution in [2.45, 2.75) is 119 Å². The lowest BCUT2D eigenvalue weighted by molar-refractivity contribution is -0.206. The number of ether oxygens (including phenoxy) is 2. The molecule has 1 aromatic carbocycles. The Bertz CT molecular complexity index is 1280. The van der Waals surface area contributed by atoms with E-state index in [1.165, 1.54) is 6.42 Å². The maximum absolute atomic E-state index is 13.5. The Balaban J connectivity index is 1.33. The second-order valence-electron chi connectivity index (χ2n) is 17.0. The third-order valence-electron chi connectivity index (χ3n) is 14.4. The zero-order chi connectivity index (χ0) is 30.3. The minimum atomic E-state index is -0.359. The molecule has 6 rings (SSSR count). The number of allylic oxidation sites excluding steroid dienone is 2. The van der Waals surface area contributed by atoms with E-state index in [0.29, 0.717) is 17.4 Å². The molecule has 8 atom stereocenters. The van der Waals surface area contributed by atoms with E-state index in [9.17, 15) is 9.59 Å². The molecular formula is C38H54O4. The van der Waals surface area contributed by atoms with Gasteiger partial charge in [0.25, 0.3) is 0 Å². The molecule has 4 fully saturated rings. The Hall–Kier alpha value is -2.10. The Morgan fingerprint density at radius 1 is 0.810 bits per heavy atom. The molecule has 5 aliphatic rings. The number of benzene rings is 1. The van der Waals surface area contributed by atoms with Crippen LogP contribution in [0.1, 0.15) is 123 Å². The van der Waals surface area contributed by atoms with Gasteiger partial charge in [-0.25, -0.2) is 4.79 Å². The molecule has 1 aromatic rings. The van der Waals surface area contributed by atoms with Gasteiger partial charge >= 0.3 is 11.9 Å². The molecule has 0 spiro atoms. The lowest BCUT2D eigenvalue weighted by Gasteiger charge is -2.71. The van der Waals surface area contributed by atoms with Gasteiger partial charge in [-0.2, -0.15) is 0 Å². The molecule has 0 saturated heterocycles. The minimum absolute atomic E-state index is 0.0269. The number of carbonyl (C=O) groups excluding carboxylic acids is 2. The summed E-state index contributed by atoms with van der Waals surface area (Å²) in [5, 5.41) is 0. The topological polar surface area (TPSA) is 52.6 Å². The van der Waals surface area contributed by atoms with Crippen LogP contribution in [-0.2, 0) is 14.3 Å². The van der Waals surface area contributed by atoms with Crippen LogP contribution in [0.4, 0.5) is 0 Å². The van der Waals surface area contributed by atoms with Gasteiger partial charge in [-0.05, 0) is 116 Å². The van der Waals surface area contributed by atoms with Crippen molar-refractivity contribution < 1.29 is 19.1 Å². The fourth-order valence-electron chi connectivity index (χ4n) is 11.8. The van der Waals surface area contributed by atoms with Crippen molar-refractivity contribution >= 4 is 11.9 Å². The second-order valence-corrected chi connectivity index (χ2v) is 17.0. The summed E-state index contributed by atoms with van der Waals surface area (Å²) in [7, 11) is 1.59. The lowest BCUT2D eigenvalue weighted by atomic mass is 9.33. The van der Waals surface area contributed by atoms with Crippen molar-refractivity contribution in [3.63, 3.8) is 0 Å². The van der Waals surface area contributed by atoms with E-state index < -0.39 is 0 Å². The fraction of sp³-hybridized carbons (Fsp3) is 0.737. The van der Waals surface area contributed by atoms with E-state index in [4.69, 9.17) is 9.47 Å². The number of hydrogen-bond donors (Lipinski definition) is 0. The van der Waals surface area contributed by atoms with Crippen LogP contribution in [0.25, 0.3) is 0 Å². The average molecular weight is 575 g/mol. The number of fused-ring (bicyclic) bond motifs is 7. The third kappa shape index (κ3) is 4.05. The first-order valence-corrected chi connectivity index (χ1v) is 16.7. The van der Waals surface area contributed by atoms with E-state index in [1.54, 1.807) is 12.7 Å². The molecule has 0 heterocycles. The van der Waals surface area contributed by atoms with Crippen molar-refractivity contribution in [3.05, 3.63) is 47.5 Å². The van der Waals surface area contributed by atoms with Gasteiger partial charge in [0, 0.05) is 5.41 Å². The van der Waals surface area contributed by atoms with Crippen molar-refractivity contribution in [2.75, 3.05) is 7.11 Å². The van der Waals surface area contributed by atoms with Crippen LogP contribution in [0.3, 0.4) is 0 Å². The molecule has 0 aliphatic heterocycles. The van der Waals surface area contributed by atoms with Crippen molar-refractivity contribution in [2.24, 2.45) is 50.2 Å². The van der Waals surface area contributed by atoms with Crippen LogP contribution < -0.4 is 0 Å². The third-order valence-corrected chi connectivity index (χ3v) is 14.4. The summed E-state index contributed by atoms with van der Waals surface area (Å²) in [5.41, 5.74) is 2.45. The first kappa shape index (κ1) is 29.9. The molecule has 230 valence electrons. The summed E-state index contributed by atoms with van der Waals surface area (Å²) < 4.78 is 11.8. The molecule has 0 aromatic heterocycles. The van der Waals surface area contributed by atoms with Gasteiger partial charge in [0.2, 0.25) is 0 Å². The van der Waals surface area contributed by atoms with Gasteiger partial charge in [-0.15, -0.1) is 0 Å². The first-order valence-electron chi connectivity index (χ1n) is 16.7. The number of carbonyl (C=O) groups is 2. The smallest absolute Gasteiger partial charge is 0.338 e. The van der Waals surface area contributed by atoms with E-state index in [0.717, 1.165) is 57.8 Å². The van der Waals surface area contributed by atoms with Crippen LogP contribution in [0.2, 0.25) is 0 Å². The van der Waals surface area contributed by atoms with E-state index >= 15 is 0 Å². The Labute approximate surface area is 254 Å². The van der Waals surface area contributed by atoms with Gasteiger partial charge < -0.3 is 9.47 Å². The molecule has 5 aliphatic carbocycles. The first-order chi connectivity index (χ1) is 19.6. The normalized spacial score (nSPS) is 43.4. The standard InChI is InChI=1S/C38H54O4/c1-33(2)20-22-38(32(40)41-8)23-21-36(6)26(27(38)24-33)14-15-29-35(5)18-17-30(42-31(39)25-12-10-9-11-13-25)34(3,4)28(35)16-19-37(29,36)7/h9-14,27-30H,15-24H2,1-8H3/t27?,28?,29?,30-,35-,36+,37+,38-/m0/s1. The van der Waals surface area contributed by atoms with Crippen LogP contribution in [0.15, 0.2) is 42.0 Å². The highest BCUT2D eigenvalue weighted by atomic mass is 16.5. The van der Waals surface area contributed by atoms with Crippen LogP contribution in [0, 0.1) is 50.2 Å². The van der Waals surface area contributed by atoms with E-state index in [2.05, 4.69) is 54.5 Å². The molecule has 0 bridgehead atoms. The maximum atomic E-state index is 13.5. The molecule has 0 radical (unpaired) electrons.